The molecule has 0 radical (unpaired) electrons. The summed E-state index contributed by atoms with van der Waals surface area (Å²) in [5.41, 5.74) is 5.85. The summed E-state index contributed by atoms with van der Waals surface area (Å²) in [4.78, 5) is 0.0888. The molecule has 1 atom stereocenters. The Morgan fingerprint density at radius 1 is 1.40 bits per heavy atom. The Morgan fingerprint density at radius 2 is 2.05 bits per heavy atom. The molecule has 20 heavy (non-hydrogen) atoms. The van der Waals surface area contributed by atoms with Gasteiger partial charge in [0.05, 0.1) is 17.6 Å². The topological polar surface area (TPSA) is 90.7 Å². The molecule has 0 amide bonds. The highest BCUT2D eigenvalue weighted by Crippen LogP contribution is 2.15. The Bertz CT molecular complexity index is 560. The second-order valence-corrected chi connectivity index (χ2v) is 6.20. The number of rotatable bonds is 8. The number of ether oxygens (including phenoxy) is 2. The van der Waals surface area contributed by atoms with E-state index >= 15 is 0 Å². The van der Waals surface area contributed by atoms with Crippen molar-refractivity contribution in [2.24, 2.45) is 5.73 Å². The van der Waals surface area contributed by atoms with Crippen LogP contribution in [-0.2, 0) is 19.5 Å². The molecular formula is C12H18N2O4S2. The molecule has 0 aliphatic carbocycles. The Labute approximate surface area is 124 Å². The number of nitrogens with one attached hydrogen (secondary N) is 1. The van der Waals surface area contributed by atoms with Crippen molar-refractivity contribution in [3.63, 3.8) is 0 Å². The number of nitrogens with two attached hydrogens (primary N) is 1. The van der Waals surface area contributed by atoms with Crippen LogP contribution in [0.3, 0.4) is 0 Å². The van der Waals surface area contributed by atoms with Gasteiger partial charge in [0.1, 0.15) is 4.99 Å². The first-order valence-electron chi connectivity index (χ1n) is 5.82. The van der Waals surface area contributed by atoms with Gasteiger partial charge >= 0.3 is 0 Å². The van der Waals surface area contributed by atoms with E-state index in [1.807, 2.05) is 0 Å². The average Bonchev–Trinajstić information content (AvgIpc) is 2.43. The summed E-state index contributed by atoms with van der Waals surface area (Å²) in [6.45, 7) is 0.383. The molecule has 0 saturated heterocycles. The molecule has 0 heterocycles. The van der Waals surface area contributed by atoms with Crippen LogP contribution in [0.15, 0.2) is 29.2 Å². The lowest BCUT2D eigenvalue weighted by atomic mass is 10.2. The van der Waals surface area contributed by atoms with Crippen LogP contribution in [0.4, 0.5) is 0 Å². The molecule has 0 aliphatic rings. The molecule has 0 fully saturated rings. The Kier molecular flexibility index (Phi) is 6.50. The highest BCUT2D eigenvalue weighted by atomic mass is 32.2. The van der Waals surface area contributed by atoms with Crippen LogP contribution in [0, 0.1) is 0 Å². The fourth-order valence-corrected chi connectivity index (χ4v) is 3.11. The van der Waals surface area contributed by atoms with E-state index in [9.17, 15) is 8.42 Å². The van der Waals surface area contributed by atoms with Crippen molar-refractivity contribution in [2.75, 3.05) is 27.4 Å². The Hall–Kier alpha value is -1.06. The first-order chi connectivity index (χ1) is 9.42. The zero-order chi connectivity index (χ0) is 15.2. The molecule has 1 aromatic rings. The molecule has 112 valence electrons. The maximum absolute atomic E-state index is 12.3. The molecule has 1 unspecified atom stereocenters. The summed E-state index contributed by atoms with van der Waals surface area (Å²) < 4.78 is 37.0. The minimum Gasteiger partial charge on any atom is -0.389 e. The number of benzene rings is 1. The van der Waals surface area contributed by atoms with Crippen LogP contribution < -0.4 is 10.5 Å². The van der Waals surface area contributed by atoms with Gasteiger partial charge in [0.25, 0.3) is 0 Å². The van der Waals surface area contributed by atoms with Gasteiger partial charge in [-0.05, 0) is 6.07 Å². The monoisotopic (exact) mass is 318 g/mol. The van der Waals surface area contributed by atoms with E-state index in [-0.39, 0.29) is 29.1 Å². The molecule has 0 aliphatic heterocycles. The van der Waals surface area contributed by atoms with Gasteiger partial charge in [0, 0.05) is 26.3 Å². The van der Waals surface area contributed by atoms with Crippen LogP contribution >= 0.6 is 12.2 Å². The highest BCUT2D eigenvalue weighted by molar-refractivity contribution is 7.89. The SMILES string of the molecule is COCC(CNS(=O)(=O)c1ccccc1C(N)=S)OC. The second kappa shape index (κ2) is 7.65. The van der Waals surface area contributed by atoms with E-state index in [1.54, 1.807) is 18.2 Å². The third kappa shape index (κ3) is 4.50. The van der Waals surface area contributed by atoms with E-state index in [0.717, 1.165) is 0 Å². The summed E-state index contributed by atoms with van der Waals surface area (Å²) in [6.07, 6.45) is -0.369. The summed E-state index contributed by atoms with van der Waals surface area (Å²) in [5, 5.41) is 0. The van der Waals surface area contributed by atoms with Crippen LogP contribution in [-0.4, -0.2) is 46.9 Å². The van der Waals surface area contributed by atoms with Crippen LogP contribution in [0.5, 0.6) is 0 Å². The summed E-state index contributed by atoms with van der Waals surface area (Å²) in [6, 6.07) is 6.31. The predicted molar refractivity (Wildman–Crippen MR) is 80.2 cm³/mol. The largest absolute Gasteiger partial charge is 0.389 e. The van der Waals surface area contributed by atoms with Crippen molar-refractivity contribution in [1.82, 2.24) is 4.72 Å². The Balaban J connectivity index is 2.92. The first-order valence-corrected chi connectivity index (χ1v) is 7.71. The minimum absolute atomic E-state index is 0.0335. The lowest BCUT2D eigenvalue weighted by Crippen LogP contribution is -2.36. The molecule has 0 aromatic heterocycles. The predicted octanol–water partition coefficient (Wildman–Crippen LogP) is 0.261. The van der Waals surface area contributed by atoms with Gasteiger partial charge in [-0.1, -0.05) is 30.4 Å². The third-order valence-electron chi connectivity index (χ3n) is 2.63. The Morgan fingerprint density at radius 3 is 2.60 bits per heavy atom. The van der Waals surface area contributed by atoms with E-state index in [4.69, 9.17) is 27.4 Å². The number of hydrogen-bond acceptors (Lipinski definition) is 5. The van der Waals surface area contributed by atoms with Crippen LogP contribution in [0.1, 0.15) is 5.56 Å². The smallest absolute Gasteiger partial charge is 0.241 e. The summed E-state index contributed by atoms with van der Waals surface area (Å²) >= 11 is 4.86. The normalized spacial score (nSPS) is 13.1. The molecule has 0 saturated carbocycles. The third-order valence-corrected chi connectivity index (χ3v) is 4.33. The number of thiocarbonyl (C=S) groups is 1. The average molecular weight is 318 g/mol. The van der Waals surface area contributed by atoms with Crippen LogP contribution in [0.2, 0.25) is 0 Å². The molecule has 0 spiro atoms. The molecular weight excluding hydrogens is 300 g/mol. The van der Waals surface area contributed by atoms with Gasteiger partial charge in [-0.2, -0.15) is 0 Å². The quantitative estimate of drug-likeness (QED) is 0.668. The second-order valence-electron chi connectivity index (χ2n) is 4.03. The fourth-order valence-electron chi connectivity index (χ4n) is 1.58. The van der Waals surface area contributed by atoms with Crippen molar-refractivity contribution in [3.8, 4) is 0 Å². The lowest BCUT2D eigenvalue weighted by Gasteiger charge is -2.16. The van der Waals surface area contributed by atoms with Crippen molar-refractivity contribution < 1.29 is 17.9 Å². The number of sulfonamides is 1. The van der Waals surface area contributed by atoms with E-state index in [2.05, 4.69) is 4.72 Å². The maximum Gasteiger partial charge on any atom is 0.241 e. The van der Waals surface area contributed by atoms with Gasteiger partial charge in [-0.15, -0.1) is 0 Å². The highest BCUT2D eigenvalue weighted by Gasteiger charge is 2.20. The number of hydrogen-bond donors (Lipinski definition) is 2. The summed E-state index contributed by atoms with van der Waals surface area (Å²) in [5.74, 6) is 0. The molecule has 8 heteroatoms. The molecule has 0 bridgehead atoms. The zero-order valence-electron chi connectivity index (χ0n) is 11.3. The van der Waals surface area contributed by atoms with Crippen molar-refractivity contribution >= 4 is 27.2 Å². The first kappa shape index (κ1) is 17.0. The molecule has 6 nitrogen and oxygen atoms in total. The minimum atomic E-state index is -3.71. The summed E-state index contributed by atoms with van der Waals surface area (Å²) in [7, 11) is -0.709. The van der Waals surface area contributed by atoms with Gasteiger partial charge < -0.3 is 15.2 Å². The van der Waals surface area contributed by atoms with Crippen LogP contribution in [0.25, 0.3) is 0 Å². The van der Waals surface area contributed by atoms with E-state index in [1.165, 1.54) is 20.3 Å². The van der Waals surface area contributed by atoms with E-state index in [0.29, 0.717) is 5.56 Å². The van der Waals surface area contributed by atoms with Gasteiger partial charge in [0.15, 0.2) is 0 Å². The van der Waals surface area contributed by atoms with Crippen molar-refractivity contribution in [2.45, 2.75) is 11.0 Å². The van der Waals surface area contributed by atoms with Crippen molar-refractivity contribution in [1.29, 1.82) is 0 Å². The van der Waals surface area contributed by atoms with Gasteiger partial charge in [0.2, 0.25) is 10.0 Å². The molecule has 1 rings (SSSR count). The van der Waals surface area contributed by atoms with Crippen molar-refractivity contribution in [3.05, 3.63) is 29.8 Å². The fraction of sp³-hybridized carbons (Fsp3) is 0.417. The molecule has 1 aromatic carbocycles. The maximum atomic E-state index is 12.3. The lowest BCUT2D eigenvalue weighted by molar-refractivity contribution is 0.0320. The van der Waals surface area contributed by atoms with Gasteiger partial charge in [-0.25, -0.2) is 13.1 Å². The van der Waals surface area contributed by atoms with E-state index < -0.39 is 10.0 Å². The van der Waals surface area contributed by atoms with Gasteiger partial charge in [-0.3, -0.25) is 0 Å². The zero-order valence-corrected chi connectivity index (χ0v) is 13.0. The number of methoxy groups -OCH3 is 2. The standard InChI is InChI=1S/C12H18N2O4S2/c1-17-8-9(18-2)7-14-20(15,16)11-6-4-3-5-10(11)12(13)19/h3-6,9,14H,7-8H2,1-2H3,(H2,13,19). The molecule has 3 N–H and O–H groups in total.